The van der Waals surface area contributed by atoms with Crippen molar-refractivity contribution in [3.8, 4) is 0 Å². The summed E-state index contributed by atoms with van der Waals surface area (Å²) in [6, 6.07) is 7.44. The van der Waals surface area contributed by atoms with Gasteiger partial charge in [0, 0.05) is 26.0 Å². The van der Waals surface area contributed by atoms with Crippen LogP contribution < -0.4 is 0 Å². The third-order valence-corrected chi connectivity index (χ3v) is 6.11. The van der Waals surface area contributed by atoms with Crippen molar-refractivity contribution in [1.29, 1.82) is 0 Å². The Labute approximate surface area is 132 Å². The Hall–Kier alpha value is -0.620. The van der Waals surface area contributed by atoms with Gasteiger partial charge in [-0.15, -0.1) is 11.6 Å². The summed E-state index contributed by atoms with van der Waals surface area (Å²) in [6.45, 7) is 2.63. The van der Waals surface area contributed by atoms with Crippen molar-refractivity contribution < 1.29 is 8.42 Å². The summed E-state index contributed by atoms with van der Waals surface area (Å²) in [4.78, 5) is 2.25. The molecule has 1 aliphatic heterocycles. The fourth-order valence-electron chi connectivity index (χ4n) is 2.70. The van der Waals surface area contributed by atoms with Gasteiger partial charge >= 0.3 is 0 Å². The van der Waals surface area contributed by atoms with E-state index in [2.05, 4.69) is 11.9 Å². The lowest BCUT2D eigenvalue weighted by atomic mass is 10.1. The molecule has 1 aromatic rings. The molecule has 0 bridgehead atoms. The number of hydrogen-bond donors (Lipinski definition) is 0. The van der Waals surface area contributed by atoms with Crippen LogP contribution in [0.3, 0.4) is 0 Å². The van der Waals surface area contributed by atoms with Gasteiger partial charge in [-0.05, 0) is 37.1 Å². The van der Waals surface area contributed by atoms with E-state index in [-0.39, 0.29) is 5.75 Å². The number of sulfonamides is 1. The fraction of sp³-hybridized carbons (Fsp3) is 0.600. The minimum Gasteiger partial charge on any atom is -0.306 e. The zero-order valence-electron chi connectivity index (χ0n) is 12.6. The molecule has 21 heavy (non-hydrogen) atoms. The number of alkyl halides is 1. The van der Waals surface area contributed by atoms with Gasteiger partial charge in [0.15, 0.2) is 0 Å². The quantitative estimate of drug-likeness (QED) is 0.750. The van der Waals surface area contributed by atoms with Gasteiger partial charge in [0.1, 0.15) is 0 Å². The maximum atomic E-state index is 12.4. The van der Waals surface area contributed by atoms with Crippen LogP contribution in [0, 0.1) is 5.92 Å². The summed E-state index contributed by atoms with van der Waals surface area (Å²) >= 11 is 5.74. The molecular weight excluding hydrogens is 308 g/mol. The smallest absolute Gasteiger partial charge is 0.218 e. The first-order valence-electron chi connectivity index (χ1n) is 7.17. The van der Waals surface area contributed by atoms with Gasteiger partial charge in [0.05, 0.1) is 5.75 Å². The van der Waals surface area contributed by atoms with E-state index in [1.807, 2.05) is 24.3 Å². The standard InChI is InChI=1S/C15H23ClN2O2S/c1-17-8-7-15(10-17)11-18(2)21(19,20)12-14-5-3-13(9-16)4-6-14/h3-6,15H,7-12H2,1-2H3. The number of benzene rings is 1. The Balaban J connectivity index is 1.96. The number of nitrogens with zero attached hydrogens (tertiary/aromatic N) is 2. The largest absolute Gasteiger partial charge is 0.306 e. The van der Waals surface area contributed by atoms with Gasteiger partial charge in [-0.25, -0.2) is 12.7 Å². The van der Waals surface area contributed by atoms with Gasteiger partial charge in [-0.3, -0.25) is 0 Å². The van der Waals surface area contributed by atoms with Crippen LogP contribution in [-0.4, -0.2) is 51.4 Å². The maximum Gasteiger partial charge on any atom is 0.218 e. The Bertz CT molecular complexity index is 560. The molecule has 0 spiro atoms. The highest BCUT2D eigenvalue weighted by Gasteiger charge is 2.26. The van der Waals surface area contributed by atoms with Crippen LogP contribution in [0.25, 0.3) is 0 Å². The average molecular weight is 331 g/mol. The maximum absolute atomic E-state index is 12.4. The van der Waals surface area contributed by atoms with Gasteiger partial charge in [0.2, 0.25) is 10.0 Å². The Morgan fingerprint density at radius 3 is 2.43 bits per heavy atom. The molecule has 1 heterocycles. The lowest BCUT2D eigenvalue weighted by Gasteiger charge is -2.21. The number of likely N-dealkylation sites (tertiary alicyclic amines) is 1. The molecule has 1 saturated heterocycles. The average Bonchev–Trinajstić information content (AvgIpc) is 2.84. The van der Waals surface area contributed by atoms with Gasteiger partial charge < -0.3 is 4.90 Å². The number of hydrogen-bond acceptors (Lipinski definition) is 3. The molecule has 1 unspecified atom stereocenters. The molecule has 1 aromatic carbocycles. The summed E-state index contributed by atoms with van der Waals surface area (Å²) in [5.41, 5.74) is 1.81. The second-order valence-electron chi connectivity index (χ2n) is 5.90. The molecule has 6 heteroatoms. The SMILES string of the molecule is CN1CCC(CN(C)S(=O)(=O)Cc2ccc(CCl)cc2)C1. The summed E-state index contributed by atoms with van der Waals surface area (Å²) in [5, 5.41) is 0. The Morgan fingerprint density at radius 1 is 1.29 bits per heavy atom. The summed E-state index contributed by atoms with van der Waals surface area (Å²) in [6.07, 6.45) is 1.07. The Morgan fingerprint density at radius 2 is 1.90 bits per heavy atom. The van der Waals surface area contributed by atoms with Crippen LogP contribution >= 0.6 is 11.6 Å². The van der Waals surface area contributed by atoms with Crippen molar-refractivity contribution in [2.75, 3.05) is 33.7 Å². The third-order valence-electron chi connectivity index (χ3n) is 4.01. The van der Waals surface area contributed by atoms with Crippen LogP contribution in [0.2, 0.25) is 0 Å². The van der Waals surface area contributed by atoms with E-state index in [0.717, 1.165) is 30.6 Å². The van der Waals surface area contributed by atoms with Crippen molar-refractivity contribution >= 4 is 21.6 Å². The van der Waals surface area contributed by atoms with Crippen LogP contribution in [0.1, 0.15) is 17.5 Å². The van der Waals surface area contributed by atoms with Crippen molar-refractivity contribution in [3.63, 3.8) is 0 Å². The van der Waals surface area contributed by atoms with E-state index in [1.54, 1.807) is 7.05 Å². The van der Waals surface area contributed by atoms with E-state index < -0.39 is 10.0 Å². The monoisotopic (exact) mass is 330 g/mol. The van der Waals surface area contributed by atoms with E-state index in [1.165, 1.54) is 4.31 Å². The van der Waals surface area contributed by atoms with E-state index >= 15 is 0 Å². The van der Waals surface area contributed by atoms with Gasteiger partial charge in [0.25, 0.3) is 0 Å². The summed E-state index contributed by atoms with van der Waals surface area (Å²) in [7, 11) is 0.502. The zero-order valence-corrected chi connectivity index (χ0v) is 14.2. The molecule has 1 fully saturated rings. The highest BCUT2D eigenvalue weighted by Crippen LogP contribution is 2.18. The predicted molar refractivity (Wildman–Crippen MR) is 86.9 cm³/mol. The first-order chi connectivity index (χ1) is 9.90. The van der Waals surface area contributed by atoms with Crippen molar-refractivity contribution in [3.05, 3.63) is 35.4 Å². The summed E-state index contributed by atoms with van der Waals surface area (Å²) in [5.74, 6) is 0.935. The lowest BCUT2D eigenvalue weighted by Crippen LogP contribution is -2.33. The lowest BCUT2D eigenvalue weighted by molar-refractivity contribution is 0.356. The molecular formula is C15H23ClN2O2S. The van der Waals surface area contributed by atoms with E-state index in [4.69, 9.17) is 11.6 Å². The first-order valence-corrected chi connectivity index (χ1v) is 9.31. The predicted octanol–water partition coefficient (Wildman–Crippen LogP) is 2.14. The highest BCUT2D eigenvalue weighted by atomic mass is 35.5. The van der Waals surface area contributed by atoms with Crippen molar-refractivity contribution in [1.82, 2.24) is 9.21 Å². The Kier molecular flexibility index (Phi) is 5.66. The molecule has 4 nitrogen and oxygen atoms in total. The molecule has 0 aromatic heterocycles. The van der Waals surface area contributed by atoms with Crippen molar-refractivity contribution in [2.24, 2.45) is 5.92 Å². The van der Waals surface area contributed by atoms with E-state index in [0.29, 0.717) is 18.3 Å². The van der Waals surface area contributed by atoms with Gasteiger partial charge in [-0.1, -0.05) is 24.3 Å². The molecule has 2 rings (SSSR count). The van der Waals surface area contributed by atoms with Crippen LogP contribution in [0.5, 0.6) is 0 Å². The van der Waals surface area contributed by atoms with Crippen molar-refractivity contribution in [2.45, 2.75) is 18.1 Å². The second kappa shape index (κ2) is 7.09. The first kappa shape index (κ1) is 16.7. The number of halogens is 1. The molecule has 0 radical (unpaired) electrons. The highest BCUT2D eigenvalue weighted by molar-refractivity contribution is 7.88. The van der Waals surface area contributed by atoms with E-state index in [9.17, 15) is 8.42 Å². The van der Waals surface area contributed by atoms with Gasteiger partial charge in [-0.2, -0.15) is 0 Å². The molecule has 0 saturated carbocycles. The van der Waals surface area contributed by atoms with Crippen LogP contribution in [0.4, 0.5) is 0 Å². The van der Waals surface area contributed by atoms with Crippen LogP contribution in [0.15, 0.2) is 24.3 Å². The molecule has 0 aliphatic carbocycles. The fourth-order valence-corrected chi connectivity index (χ4v) is 4.15. The third kappa shape index (κ3) is 4.68. The minimum atomic E-state index is -3.26. The molecule has 1 atom stereocenters. The zero-order chi connectivity index (χ0) is 15.5. The molecule has 0 amide bonds. The minimum absolute atomic E-state index is 0.0502. The number of rotatable bonds is 6. The van der Waals surface area contributed by atoms with Crippen LogP contribution in [-0.2, 0) is 21.7 Å². The molecule has 118 valence electrons. The second-order valence-corrected chi connectivity index (χ2v) is 8.25. The summed E-state index contributed by atoms with van der Waals surface area (Å²) < 4.78 is 26.3. The topological polar surface area (TPSA) is 40.6 Å². The molecule has 0 N–H and O–H groups in total. The molecule has 1 aliphatic rings. The normalized spacial score (nSPS) is 20.3.